The lowest BCUT2D eigenvalue weighted by Gasteiger charge is -2.35. The number of rotatable bonds is 7. The number of furan rings is 1. The van der Waals surface area contributed by atoms with Crippen LogP contribution in [0.5, 0.6) is 0 Å². The SMILES string of the molecule is c1ccc(-n2c3ccccc3c3ccc(N(c4ccc(-c5nc6ccccc6c6c5ccc5c7ccccc7oc56)cc4)c4ccc5c(c4)C(c4ccccc4)(c4ccccc4)c4ccccc4-5)cc32)cc1. The monoisotopic (exact) mass is 917 g/mol. The second kappa shape index (κ2) is 15.8. The van der Waals surface area contributed by atoms with Gasteiger partial charge in [-0.3, -0.25) is 0 Å². The van der Waals surface area contributed by atoms with Gasteiger partial charge in [0.15, 0.2) is 0 Å². The molecule has 3 aromatic heterocycles. The van der Waals surface area contributed by atoms with Crippen molar-refractivity contribution in [3.05, 3.63) is 283 Å². The van der Waals surface area contributed by atoms with E-state index in [-0.39, 0.29) is 0 Å². The summed E-state index contributed by atoms with van der Waals surface area (Å²) < 4.78 is 9.09. The highest BCUT2D eigenvalue weighted by Crippen LogP contribution is 2.57. The minimum absolute atomic E-state index is 0.558. The number of benzene rings is 11. The van der Waals surface area contributed by atoms with Crippen LogP contribution in [0, 0.1) is 0 Å². The lowest BCUT2D eigenvalue weighted by molar-refractivity contribution is 0.673. The highest BCUT2D eigenvalue weighted by Gasteiger charge is 2.46. The number of aromatic nitrogens is 2. The number of fused-ring (bicyclic) bond motifs is 13. The van der Waals surface area contributed by atoms with Crippen molar-refractivity contribution in [3.8, 4) is 28.1 Å². The summed E-state index contributed by atoms with van der Waals surface area (Å²) in [4.78, 5) is 7.83. The topological polar surface area (TPSA) is 34.2 Å². The summed E-state index contributed by atoms with van der Waals surface area (Å²) in [7, 11) is 0. The van der Waals surface area contributed by atoms with Crippen LogP contribution in [0.25, 0.3) is 93.5 Å². The average Bonchev–Trinajstić information content (AvgIpc) is 4.10. The van der Waals surface area contributed by atoms with E-state index in [9.17, 15) is 0 Å². The molecule has 14 aromatic rings. The van der Waals surface area contributed by atoms with E-state index in [2.05, 4.69) is 264 Å². The van der Waals surface area contributed by atoms with Crippen molar-refractivity contribution in [2.24, 2.45) is 0 Å². The molecule has 0 spiro atoms. The van der Waals surface area contributed by atoms with Crippen LogP contribution in [0.1, 0.15) is 22.3 Å². The summed E-state index contributed by atoms with van der Waals surface area (Å²) in [5, 5.41) is 7.86. The molecule has 1 aliphatic rings. The number of nitrogens with zero attached hydrogens (tertiary/aromatic N) is 3. The zero-order chi connectivity index (χ0) is 47.3. The van der Waals surface area contributed by atoms with E-state index in [0.29, 0.717) is 0 Å². The van der Waals surface area contributed by atoms with Crippen LogP contribution in [0.2, 0.25) is 0 Å². The van der Waals surface area contributed by atoms with Crippen LogP contribution in [0.4, 0.5) is 17.1 Å². The second-order valence-corrected chi connectivity index (χ2v) is 19.0. The first-order valence-corrected chi connectivity index (χ1v) is 24.7. The van der Waals surface area contributed by atoms with E-state index in [1.165, 1.54) is 49.7 Å². The molecule has 0 fully saturated rings. The number of pyridine rings is 1. The fourth-order valence-electron chi connectivity index (χ4n) is 12.2. The van der Waals surface area contributed by atoms with Crippen LogP contribution >= 0.6 is 0 Å². The Morgan fingerprint density at radius 1 is 0.389 bits per heavy atom. The summed E-state index contributed by atoms with van der Waals surface area (Å²) in [6, 6.07) is 94.8. The molecule has 4 nitrogen and oxygen atoms in total. The smallest absolute Gasteiger partial charge is 0.144 e. The maximum Gasteiger partial charge on any atom is 0.144 e. The third-order valence-corrected chi connectivity index (χ3v) is 15.2. The van der Waals surface area contributed by atoms with Gasteiger partial charge in [0.25, 0.3) is 0 Å². The van der Waals surface area contributed by atoms with Crippen LogP contribution in [-0.2, 0) is 5.41 Å². The molecule has 0 saturated heterocycles. The molecule has 0 radical (unpaired) electrons. The lowest BCUT2D eigenvalue weighted by Crippen LogP contribution is -2.28. The first kappa shape index (κ1) is 40.4. The minimum Gasteiger partial charge on any atom is -0.455 e. The van der Waals surface area contributed by atoms with E-state index >= 15 is 0 Å². The first-order valence-electron chi connectivity index (χ1n) is 24.7. The molecule has 0 saturated carbocycles. The van der Waals surface area contributed by atoms with E-state index in [1.807, 2.05) is 6.07 Å². The van der Waals surface area contributed by atoms with Crippen molar-refractivity contribution in [2.75, 3.05) is 4.90 Å². The van der Waals surface area contributed by atoms with Gasteiger partial charge in [-0.15, -0.1) is 0 Å². The zero-order valence-corrected chi connectivity index (χ0v) is 39.1. The van der Waals surface area contributed by atoms with Crippen LogP contribution < -0.4 is 4.90 Å². The van der Waals surface area contributed by atoms with Gasteiger partial charge in [-0.05, 0) is 106 Å². The van der Waals surface area contributed by atoms with Crippen molar-refractivity contribution < 1.29 is 4.42 Å². The number of para-hydroxylation sites is 4. The fourth-order valence-corrected chi connectivity index (χ4v) is 12.2. The normalized spacial score (nSPS) is 12.8. The van der Waals surface area contributed by atoms with Gasteiger partial charge in [-0.2, -0.15) is 0 Å². The van der Waals surface area contributed by atoms with Gasteiger partial charge in [0.1, 0.15) is 11.2 Å². The second-order valence-electron chi connectivity index (χ2n) is 19.0. The molecular weight excluding hydrogens is 875 g/mol. The van der Waals surface area contributed by atoms with Gasteiger partial charge >= 0.3 is 0 Å². The Hall–Kier alpha value is -9.51. The van der Waals surface area contributed by atoms with Crippen molar-refractivity contribution in [2.45, 2.75) is 5.41 Å². The third kappa shape index (κ3) is 5.84. The summed E-state index contributed by atoms with van der Waals surface area (Å²) in [5.74, 6) is 0. The molecule has 1 aliphatic carbocycles. The number of anilines is 3. The summed E-state index contributed by atoms with van der Waals surface area (Å²) in [6.45, 7) is 0. The van der Waals surface area contributed by atoms with Gasteiger partial charge in [-0.1, -0.05) is 188 Å². The predicted octanol–water partition coefficient (Wildman–Crippen LogP) is 17.9. The molecule has 0 N–H and O–H groups in total. The molecule has 3 heterocycles. The summed E-state index contributed by atoms with van der Waals surface area (Å²) in [6.07, 6.45) is 0. The van der Waals surface area contributed by atoms with E-state index in [0.717, 1.165) is 83.1 Å². The Morgan fingerprint density at radius 2 is 0.958 bits per heavy atom. The summed E-state index contributed by atoms with van der Waals surface area (Å²) >= 11 is 0. The molecule has 4 heteroatoms. The van der Waals surface area contributed by atoms with Gasteiger partial charge in [0, 0.05) is 66.0 Å². The van der Waals surface area contributed by atoms with Gasteiger partial charge in [0.2, 0.25) is 0 Å². The van der Waals surface area contributed by atoms with Crippen LogP contribution in [0.15, 0.2) is 265 Å². The first-order chi connectivity index (χ1) is 35.7. The van der Waals surface area contributed by atoms with Gasteiger partial charge in [-0.25, -0.2) is 4.98 Å². The Bertz CT molecular complexity index is 4400. The Kier molecular flexibility index (Phi) is 8.84. The van der Waals surface area contributed by atoms with Crippen molar-refractivity contribution in [1.82, 2.24) is 9.55 Å². The molecule has 11 aromatic carbocycles. The molecule has 15 rings (SSSR count). The standard InChI is InChI=1S/C68H43N3O/c1-4-18-45(19-5-1)68(46-20-6-2-7-21-46)59-28-14-10-24-51(59)52-38-36-49(42-60(52)68)70(50-37-39-54-53-25-12-16-30-62(53)71(63(54)43-50)47-22-8-3-9-23-47)48-34-32-44(33-35-48)66-58-41-40-56-55-26-13-17-31-64(55)72-67(56)65(58)57-27-11-15-29-61(57)69-66/h1-43H. The molecule has 0 bridgehead atoms. The molecule has 0 aliphatic heterocycles. The molecule has 0 amide bonds. The largest absolute Gasteiger partial charge is 0.455 e. The van der Waals surface area contributed by atoms with Gasteiger partial charge < -0.3 is 13.9 Å². The van der Waals surface area contributed by atoms with Crippen molar-refractivity contribution >= 4 is 82.5 Å². The summed E-state index contributed by atoms with van der Waals surface area (Å²) in [5.41, 5.74) is 18.2. The molecule has 336 valence electrons. The Labute approximate surface area is 415 Å². The van der Waals surface area contributed by atoms with Crippen molar-refractivity contribution in [1.29, 1.82) is 0 Å². The Morgan fingerprint density at radius 3 is 1.75 bits per heavy atom. The van der Waals surface area contributed by atoms with Crippen LogP contribution in [0.3, 0.4) is 0 Å². The highest BCUT2D eigenvalue weighted by molar-refractivity contribution is 6.24. The quantitative estimate of drug-likeness (QED) is 0.149. The fraction of sp³-hybridized carbons (Fsp3) is 0.0147. The maximum atomic E-state index is 6.69. The number of hydrogen-bond donors (Lipinski definition) is 0. The van der Waals surface area contributed by atoms with Crippen LogP contribution in [-0.4, -0.2) is 9.55 Å². The minimum atomic E-state index is -0.558. The molecular formula is C68H43N3O. The van der Waals surface area contributed by atoms with E-state index in [4.69, 9.17) is 9.40 Å². The lowest BCUT2D eigenvalue weighted by atomic mass is 9.67. The van der Waals surface area contributed by atoms with Gasteiger partial charge in [0.05, 0.1) is 27.7 Å². The highest BCUT2D eigenvalue weighted by atomic mass is 16.3. The van der Waals surface area contributed by atoms with E-state index < -0.39 is 5.41 Å². The molecule has 72 heavy (non-hydrogen) atoms. The maximum absolute atomic E-state index is 6.69. The molecule has 0 atom stereocenters. The average molecular weight is 918 g/mol. The zero-order valence-electron chi connectivity index (χ0n) is 39.1. The van der Waals surface area contributed by atoms with E-state index in [1.54, 1.807) is 0 Å². The number of hydrogen-bond acceptors (Lipinski definition) is 3. The van der Waals surface area contributed by atoms with Crippen molar-refractivity contribution in [3.63, 3.8) is 0 Å². The molecule has 0 unspecified atom stereocenters. The Balaban J connectivity index is 0.969. The third-order valence-electron chi connectivity index (χ3n) is 15.2. The predicted molar refractivity (Wildman–Crippen MR) is 298 cm³/mol.